The van der Waals surface area contributed by atoms with Gasteiger partial charge < -0.3 is 10.3 Å². The predicted octanol–water partition coefficient (Wildman–Crippen LogP) is 18.5. The molecule has 1 aromatic heterocycles. The highest BCUT2D eigenvalue weighted by Gasteiger charge is 2.44. The van der Waals surface area contributed by atoms with Gasteiger partial charge in [0, 0.05) is 68.3 Å². The summed E-state index contributed by atoms with van der Waals surface area (Å²) >= 11 is 0. The first-order valence-corrected chi connectivity index (χ1v) is 28.0. The largest absolute Gasteiger partial charge is 0.384 e. The second-order valence-electron chi connectivity index (χ2n) is 22.0. The number of aromatic amines is 1. The average molecular weight is 1460 g/mol. The number of hydrogen-bond acceptors (Lipinski definition) is 5. The van der Waals surface area contributed by atoms with E-state index >= 15 is 105 Å². The number of nitrogens with one attached hydrogen (secondary N) is 2. The van der Waals surface area contributed by atoms with Gasteiger partial charge in [-0.15, -0.1) is 0 Å². The average Bonchev–Trinajstić information content (AvgIpc) is 1.65. The summed E-state index contributed by atoms with van der Waals surface area (Å²) < 4.78 is 473. The number of rotatable bonds is 6. The maximum atomic E-state index is 16.5. The fourth-order valence-electron chi connectivity index (χ4n) is 12.0. The lowest BCUT2D eigenvalue weighted by Crippen LogP contribution is -2.32. The predicted molar refractivity (Wildman–Crippen MR) is 296 cm³/mol. The number of H-pyrrole nitrogens is 1. The van der Waals surface area contributed by atoms with Crippen molar-refractivity contribution >= 4 is 51.2 Å². The topological polar surface area (TPSA) is 77.3 Å². The Morgan fingerprint density at radius 1 is 0.294 bits per heavy atom. The van der Waals surface area contributed by atoms with Crippen LogP contribution in [-0.2, 0) is 0 Å². The van der Waals surface area contributed by atoms with Crippen molar-refractivity contribution in [3.63, 3.8) is 0 Å². The van der Waals surface area contributed by atoms with Crippen molar-refractivity contribution in [2.75, 3.05) is 0 Å². The first-order chi connectivity index (χ1) is 48.1. The van der Waals surface area contributed by atoms with Crippen LogP contribution in [0.1, 0.15) is 63.5 Å². The molecule has 0 aliphatic carbocycles. The summed E-state index contributed by atoms with van der Waals surface area (Å²) in [4.78, 5) is 17.7. The van der Waals surface area contributed by atoms with E-state index in [1.807, 2.05) is 0 Å². The van der Waals surface area contributed by atoms with Crippen molar-refractivity contribution in [3.8, 4) is 0 Å². The number of benzene rings is 6. The van der Waals surface area contributed by atoms with Gasteiger partial charge in [-0.2, -0.15) is 0 Å². The van der Waals surface area contributed by atoms with Gasteiger partial charge in [-0.05, 0) is 67.5 Å². The third-order valence-corrected chi connectivity index (χ3v) is 16.6. The van der Waals surface area contributed by atoms with Crippen LogP contribution in [0.15, 0.2) is 109 Å². The van der Waals surface area contributed by atoms with Crippen LogP contribution in [0.4, 0.5) is 132 Å². The molecule has 12 bridgehead atoms. The van der Waals surface area contributed by atoms with Gasteiger partial charge >= 0.3 is 0 Å². The summed E-state index contributed by atoms with van der Waals surface area (Å²) in [6.07, 6.45) is 0.760. The van der Waals surface area contributed by atoms with E-state index < -0.39 is 323 Å². The van der Waals surface area contributed by atoms with E-state index in [0.717, 1.165) is 0 Å². The Labute approximate surface area is 544 Å². The van der Waals surface area contributed by atoms with E-state index in [9.17, 15) is 26.3 Å². The highest BCUT2D eigenvalue weighted by atomic mass is 19.2. The molecule has 13 rings (SSSR count). The van der Waals surface area contributed by atoms with E-state index in [-0.39, 0.29) is 6.21 Å². The van der Waals surface area contributed by atoms with E-state index in [1.165, 1.54) is 0 Å². The maximum absolute atomic E-state index is 16.5. The summed E-state index contributed by atoms with van der Waals surface area (Å²) in [5.41, 5.74) is -34.6. The standard InChI is InChI=1S/C66H18F30N6/c67-37-31(38(68)50(80)61(91)49(37)79)25-13-11-24(97-12-13)30(36-47(77)59(89)66(96)60(90)48(36)78)23-10-9-22(102-23)29(35-45(75)57(87)65(95)58(88)46(35)76)21-8-7-20(101-21)28(34-43(73)55(85)64(94)56(86)44(34)74)19-6-5-18(100-19)27(33-41(71)53(83)63(93)54(84)42(33)72)17-4-3-16(99-17)26(15-2-1-14(25)98-15)32-39(69)51(81)62(92)52(82)40(32)70/h1-8,11-12,23,30,99,102H,9-10H2/b25-13-,26-15+,27-18+,28-20-,29-22+. The molecule has 6 nitrogen and oxygen atoms in total. The minimum atomic E-state index is -2.91. The summed E-state index contributed by atoms with van der Waals surface area (Å²) in [5, 5.41) is 2.31. The Bertz CT molecular complexity index is 5380. The third kappa shape index (κ3) is 10.2. The molecule has 0 saturated carbocycles. The molecule has 522 valence electrons. The van der Waals surface area contributed by atoms with Gasteiger partial charge in [0.15, 0.2) is 140 Å². The third-order valence-electron chi connectivity index (χ3n) is 16.6. The molecule has 7 aromatic rings. The summed E-state index contributed by atoms with van der Waals surface area (Å²) in [7, 11) is 0. The number of allylic oxidation sites excluding steroid dienone is 12. The van der Waals surface area contributed by atoms with Gasteiger partial charge in [-0.1, -0.05) is 0 Å². The normalized spacial score (nSPS) is 20.9. The van der Waals surface area contributed by atoms with Crippen LogP contribution in [0.3, 0.4) is 0 Å². The zero-order valence-electron chi connectivity index (χ0n) is 48.5. The first-order valence-electron chi connectivity index (χ1n) is 28.0. The quantitative estimate of drug-likeness (QED) is 0.0971. The molecule has 0 spiro atoms. The zero-order valence-corrected chi connectivity index (χ0v) is 48.5. The van der Waals surface area contributed by atoms with Crippen LogP contribution < -0.4 is 5.32 Å². The molecular weight excluding hydrogens is 1450 g/mol. The van der Waals surface area contributed by atoms with Gasteiger partial charge in [-0.25, -0.2) is 147 Å². The Morgan fingerprint density at radius 3 is 0.922 bits per heavy atom. The minimum absolute atomic E-state index is 0.267. The molecule has 36 heteroatoms. The summed E-state index contributed by atoms with van der Waals surface area (Å²) in [6, 6.07) is -1.48. The van der Waals surface area contributed by atoms with Crippen LogP contribution in [0.25, 0.3) is 27.9 Å². The molecule has 7 heterocycles. The SMILES string of the molecule is Fc1c(F)c(F)c(/C2=C3\CCC(N3)C(c3c(F)c(F)c(F)c(F)c3F)C3=C/C(=C(/c4c(F)c(F)c(F)c(F)c4F)C4=N/C(=C(/c5c(F)c(F)c(F)c(F)c5F)c5ccc([nH]5)/C(c5c(F)c(F)c(F)c(F)c5F)=C5/C=CC(=N5)/C(c5c(F)c(F)c(F)c(F)c5F)=C5\C=CC2=N5)C=C4)C=N3)c(F)c1F. The van der Waals surface area contributed by atoms with Crippen LogP contribution in [-0.4, -0.2) is 34.4 Å². The maximum Gasteiger partial charge on any atom is 0.200 e. The Hall–Kier alpha value is -11.4. The fourth-order valence-corrected chi connectivity index (χ4v) is 12.0. The van der Waals surface area contributed by atoms with E-state index in [1.54, 1.807) is 0 Å². The molecule has 6 aliphatic heterocycles. The summed E-state index contributed by atoms with van der Waals surface area (Å²) in [6.45, 7) is 0. The van der Waals surface area contributed by atoms with E-state index in [4.69, 9.17) is 0 Å². The Balaban J connectivity index is 1.22. The Morgan fingerprint density at radius 2 is 0.569 bits per heavy atom. The second kappa shape index (κ2) is 24.8. The molecule has 2 unspecified atom stereocenters. The van der Waals surface area contributed by atoms with Crippen LogP contribution >= 0.6 is 0 Å². The minimum Gasteiger partial charge on any atom is -0.384 e. The van der Waals surface area contributed by atoms with Crippen molar-refractivity contribution in [2.24, 2.45) is 20.0 Å². The van der Waals surface area contributed by atoms with E-state index in [2.05, 4.69) is 30.3 Å². The van der Waals surface area contributed by atoms with Crippen LogP contribution in [0.5, 0.6) is 0 Å². The highest BCUT2D eigenvalue weighted by molar-refractivity contribution is 6.36. The fraction of sp³-hybridized carbons (Fsp3) is 0.0606. The smallest absolute Gasteiger partial charge is 0.200 e. The number of fused-ring (bicyclic) bond motifs is 8. The van der Waals surface area contributed by atoms with Crippen LogP contribution in [0.2, 0.25) is 0 Å². The second-order valence-corrected chi connectivity index (χ2v) is 22.0. The van der Waals surface area contributed by atoms with Crippen molar-refractivity contribution in [1.82, 2.24) is 10.3 Å². The van der Waals surface area contributed by atoms with Gasteiger partial charge in [0.1, 0.15) is 0 Å². The monoisotopic (exact) mass is 1460 g/mol. The van der Waals surface area contributed by atoms with Crippen molar-refractivity contribution in [2.45, 2.75) is 24.8 Å². The molecule has 1 fully saturated rings. The van der Waals surface area contributed by atoms with Crippen molar-refractivity contribution in [1.29, 1.82) is 0 Å². The molecule has 0 amide bonds. The molecule has 2 atom stereocenters. The molecule has 6 aromatic carbocycles. The molecule has 2 N–H and O–H groups in total. The first kappa shape index (κ1) is 69.1. The van der Waals surface area contributed by atoms with Crippen molar-refractivity contribution in [3.05, 3.63) is 308 Å². The lowest BCUT2D eigenvalue weighted by molar-refractivity contribution is 0.359. The zero-order chi connectivity index (χ0) is 73.9. The number of aromatic nitrogens is 1. The number of halogens is 30. The number of hydrogen-bond donors (Lipinski definition) is 2. The lowest BCUT2D eigenvalue weighted by Gasteiger charge is -2.26. The highest BCUT2D eigenvalue weighted by Crippen LogP contribution is 2.48. The molecule has 0 radical (unpaired) electrons. The lowest BCUT2D eigenvalue weighted by atomic mass is 9.85. The molecular formula is C66H18F30N6. The van der Waals surface area contributed by atoms with Crippen LogP contribution in [0, 0.1) is 175 Å². The molecule has 1 saturated heterocycles. The van der Waals surface area contributed by atoms with Gasteiger partial charge in [0.25, 0.3) is 0 Å². The molecule has 102 heavy (non-hydrogen) atoms. The number of nitrogens with zero attached hydrogens (tertiary/aromatic N) is 4. The van der Waals surface area contributed by atoms with E-state index in [0.29, 0.717) is 54.7 Å². The van der Waals surface area contributed by atoms with Gasteiger partial charge in [0.2, 0.25) is 34.9 Å². The summed E-state index contributed by atoms with van der Waals surface area (Å²) in [5.74, 6) is -88.1. The van der Waals surface area contributed by atoms with Gasteiger partial charge in [0.05, 0.1) is 73.7 Å². The van der Waals surface area contributed by atoms with Crippen molar-refractivity contribution < 1.29 is 132 Å². The van der Waals surface area contributed by atoms with Gasteiger partial charge in [-0.3, -0.25) is 4.99 Å². The Kier molecular flexibility index (Phi) is 16.8. The number of aliphatic imine (C=N–C) groups is 4. The molecule has 6 aliphatic rings.